The molecule has 0 atom stereocenters. The van der Waals surface area contributed by atoms with Crippen LogP contribution in [-0.2, 0) is 4.79 Å². The molecule has 0 saturated heterocycles. The first-order valence-electron chi connectivity index (χ1n) is 12.1. The van der Waals surface area contributed by atoms with Gasteiger partial charge in [-0.3, -0.25) is 10.2 Å². The summed E-state index contributed by atoms with van der Waals surface area (Å²) in [4.78, 5) is 23.8. The number of nitrogens with two attached hydrogens (primary N) is 1. The predicted molar refractivity (Wildman–Crippen MR) is 159 cm³/mol. The number of aliphatic imine (C=N–C) groups is 3. The summed E-state index contributed by atoms with van der Waals surface area (Å²) < 4.78 is 45.9. The molecular weight excluding hydrogens is 573 g/mol. The first-order chi connectivity index (χ1) is 19.9. The second kappa shape index (κ2) is 14.7. The number of methoxy groups -OCH3 is 1. The number of carboxylic acids is 1. The van der Waals surface area contributed by atoms with Gasteiger partial charge in [-0.05, 0) is 66.9 Å². The summed E-state index contributed by atoms with van der Waals surface area (Å²) in [6.07, 6.45) is -2.04. The standard InChI is InChI=1S/C28H27F3N6O4S/c1-17-12-23(40-3)13-18(2)25(17)36-27(42-15-24(38)39)37-35-14-19-4-6-20(7-5-19)26(32)34-16-33-21-8-10-22(11-9-21)41-28(29,30)31/h4-14,16H,15H2,1-3H3,(H,36,37)(H,38,39)(H2,32,33,34)/b35-14+. The van der Waals surface area contributed by atoms with Gasteiger partial charge in [0.2, 0.25) is 0 Å². The Bertz CT molecular complexity index is 1480. The highest BCUT2D eigenvalue weighted by Crippen LogP contribution is 2.29. The largest absolute Gasteiger partial charge is 0.573 e. The maximum absolute atomic E-state index is 12.3. The number of carbonyl (C=O) groups is 1. The smallest absolute Gasteiger partial charge is 0.497 e. The van der Waals surface area contributed by atoms with Crippen molar-refractivity contribution in [2.45, 2.75) is 20.2 Å². The van der Waals surface area contributed by atoms with E-state index in [1.165, 1.54) is 24.7 Å². The molecule has 3 rings (SSSR count). The number of halogens is 3. The molecule has 0 saturated carbocycles. The molecule has 4 N–H and O–H groups in total. The van der Waals surface area contributed by atoms with Crippen LogP contribution < -0.4 is 20.6 Å². The lowest BCUT2D eigenvalue weighted by molar-refractivity contribution is -0.274. The first-order valence-corrected chi connectivity index (χ1v) is 13.1. The average Bonchev–Trinajstić information content (AvgIpc) is 2.93. The van der Waals surface area contributed by atoms with Crippen molar-refractivity contribution < 1.29 is 32.5 Å². The van der Waals surface area contributed by atoms with E-state index in [0.717, 1.165) is 35.0 Å². The summed E-state index contributed by atoms with van der Waals surface area (Å²) in [6, 6.07) is 15.6. The third-order valence-corrected chi connectivity index (χ3v) is 6.15. The van der Waals surface area contributed by atoms with Gasteiger partial charge in [-0.25, -0.2) is 15.0 Å². The van der Waals surface area contributed by atoms with Crippen LogP contribution >= 0.6 is 11.8 Å². The van der Waals surface area contributed by atoms with E-state index >= 15 is 0 Å². The minimum atomic E-state index is -4.77. The average molecular weight is 601 g/mol. The van der Waals surface area contributed by atoms with Crippen molar-refractivity contribution in [2.75, 3.05) is 12.9 Å². The Morgan fingerprint density at radius 3 is 2.26 bits per heavy atom. The van der Waals surface area contributed by atoms with Gasteiger partial charge in [0.25, 0.3) is 0 Å². The highest BCUT2D eigenvalue weighted by Gasteiger charge is 2.30. The van der Waals surface area contributed by atoms with Crippen molar-refractivity contribution in [1.82, 2.24) is 5.43 Å². The Labute approximate surface area is 243 Å². The number of thioether (sulfide) groups is 1. The van der Waals surface area contributed by atoms with Crippen molar-refractivity contribution in [1.29, 1.82) is 0 Å². The zero-order chi connectivity index (χ0) is 30.7. The van der Waals surface area contributed by atoms with Crippen LogP contribution in [0.2, 0.25) is 0 Å². The maximum Gasteiger partial charge on any atom is 0.573 e. The number of hydrazone groups is 1. The summed E-state index contributed by atoms with van der Waals surface area (Å²) in [5.41, 5.74) is 12.9. The zero-order valence-corrected chi connectivity index (χ0v) is 23.5. The van der Waals surface area contributed by atoms with Gasteiger partial charge in [-0.15, -0.1) is 13.2 Å². The Balaban J connectivity index is 1.65. The van der Waals surface area contributed by atoms with E-state index in [0.29, 0.717) is 33.4 Å². The van der Waals surface area contributed by atoms with Gasteiger partial charge < -0.3 is 20.3 Å². The first kappa shape index (κ1) is 31.7. The van der Waals surface area contributed by atoms with Crippen molar-refractivity contribution >= 4 is 52.7 Å². The lowest BCUT2D eigenvalue weighted by Crippen LogP contribution is -2.16. The van der Waals surface area contributed by atoms with Crippen molar-refractivity contribution in [2.24, 2.45) is 25.8 Å². The third-order valence-electron chi connectivity index (χ3n) is 5.30. The molecule has 0 aliphatic heterocycles. The molecule has 0 unspecified atom stereocenters. The fraction of sp³-hybridized carbons (Fsp3) is 0.179. The van der Waals surface area contributed by atoms with Crippen molar-refractivity contribution in [3.63, 3.8) is 0 Å². The quantitative estimate of drug-likeness (QED) is 0.154. The van der Waals surface area contributed by atoms with Crippen LogP contribution in [0.3, 0.4) is 0 Å². The molecule has 0 heterocycles. The van der Waals surface area contributed by atoms with E-state index in [9.17, 15) is 18.0 Å². The van der Waals surface area contributed by atoms with Crippen LogP contribution in [0.25, 0.3) is 0 Å². The number of hydrogen-bond donors (Lipinski definition) is 3. The molecule has 220 valence electrons. The van der Waals surface area contributed by atoms with E-state index in [1.807, 2.05) is 26.0 Å². The molecule has 0 amide bonds. The van der Waals surface area contributed by atoms with Gasteiger partial charge in [-0.1, -0.05) is 36.0 Å². The number of amidine groups is 2. The highest BCUT2D eigenvalue weighted by molar-refractivity contribution is 8.14. The number of rotatable bonds is 10. The van der Waals surface area contributed by atoms with Crippen LogP contribution in [0.5, 0.6) is 11.5 Å². The summed E-state index contributed by atoms with van der Waals surface area (Å²) in [7, 11) is 1.58. The minimum Gasteiger partial charge on any atom is -0.497 e. The number of ether oxygens (including phenoxy) is 2. The molecular formula is C28H27F3N6O4S. The zero-order valence-electron chi connectivity index (χ0n) is 22.7. The number of nitrogens with one attached hydrogen (secondary N) is 1. The lowest BCUT2D eigenvalue weighted by Gasteiger charge is -2.10. The summed E-state index contributed by atoms with van der Waals surface area (Å²) in [6.45, 7) is 3.77. The maximum atomic E-state index is 12.3. The topological polar surface area (TPSA) is 143 Å². The van der Waals surface area contributed by atoms with E-state index < -0.39 is 12.3 Å². The molecule has 0 fully saturated rings. The Hall–Kier alpha value is -4.85. The normalized spacial score (nSPS) is 12.6. The molecule has 0 bridgehead atoms. The Kier molecular flexibility index (Phi) is 11.1. The SMILES string of the molecule is COc1cc(C)c(N=C(N/N=C/c2ccc(C(N)=NC=Nc3ccc(OC(F)(F)F)cc3)cc2)SCC(=O)O)c(C)c1. The molecule has 0 aliphatic carbocycles. The molecule has 0 aliphatic rings. The van der Waals surface area contributed by atoms with E-state index in [-0.39, 0.29) is 17.3 Å². The van der Waals surface area contributed by atoms with Crippen molar-refractivity contribution in [3.8, 4) is 11.5 Å². The molecule has 10 nitrogen and oxygen atoms in total. The fourth-order valence-corrected chi connectivity index (χ4v) is 3.93. The van der Waals surface area contributed by atoms with Crippen LogP contribution in [0.1, 0.15) is 22.3 Å². The van der Waals surface area contributed by atoms with Crippen LogP contribution in [0.15, 0.2) is 80.7 Å². The number of hydrogen-bond acceptors (Lipinski definition) is 7. The summed E-state index contributed by atoms with van der Waals surface area (Å²) in [5.74, 6) is -0.682. The second-order valence-electron chi connectivity index (χ2n) is 8.50. The van der Waals surface area contributed by atoms with Crippen LogP contribution in [0, 0.1) is 13.8 Å². The number of nitrogens with zero attached hydrogens (tertiary/aromatic N) is 4. The molecule has 0 radical (unpaired) electrons. The van der Waals surface area contributed by atoms with Crippen LogP contribution in [0.4, 0.5) is 24.5 Å². The monoisotopic (exact) mass is 600 g/mol. The number of benzene rings is 3. The lowest BCUT2D eigenvalue weighted by atomic mass is 10.1. The molecule has 3 aromatic rings. The van der Waals surface area contributed by atoms with Gasteiger partial charge in [0, 0.05) is 5.56 Å². The molecule has 0 spiro atoms. The third kappa shape index (κ3) is 10.3. The Morgan fingerprint density at radius 2 is 1.69 bits per heavy atom. The van der Waals surface area contributed by atoms with Crippen molar-refractivity contribution in [3.05, 3.63) is 82.9 Å². The van der Waals surface area contributed by atoms with E-state index in [1.54, 1.807) is 31.4 Å². The Morgan fingerprint density at radius 1 is 1.05 bits per heavy atom. The highest BCUT2D eigenvalue weighted by atomic mass is 32.2. The summed E-state index contributed by atoms with van der Waals surface area (Å²) in [5, 5.41) is 13.6. The number of carboxylic acid groups (broad SMARTS) is 1. The summed E-state index contributed by atoms with van der Waals surface area (Å²) >= 11 is 1.00. The predicted octanol–water partition coefficient (Wildman–Crippen LogP) is 5.70. The van der Waals surface area contributed by atoms with Gasteiger partial charge in [0.1, 0.15) is 23.7 Å². The fourth-order valence-electron chi connectivity index (χ4n) is 3.40. The molecule has 42 heavy (non-hydrogen) atoms. The van der Waals surface area contributed by atoms with Gasteiger partial charge in [0.15, 0.2) is 5.17 Å². The van der Waals surface area contributed by atoms with E-state index in [2.05, 4.69) is 30.2 Å². The second-order valence-corrected chi connectivity index (χ2v) is 9.47. The van der Waals surface area contributed by atoms with E-state index in [4.69, 9.17) is 15.6 Å². The molecule has 3 aromatic carbocycles. The number of aryl methyl sites for hydroxylation is 2. The van der Waals surface area contributed by atoms with Gasteiger partial charge in [0.05, 0.1) is 30.5 Å². The van der Waals surface area contributed by atoms with Gasteiger partial charge in [-0.2, -0.15) is 5.10 Å². The number of alkyl halides is 3. The number of aliphatic carboxylic acids is 1. The minimum absolute atomic E-state index is 0.169. The molecule has 0 aromatic heterocycles. The van der Waals surface area contributed by atoms with Gasteiger partial charge >= 0.3 is 12.3 Å². The molecule has 14 heteroatoms. The van der Waals surface area contributed by atoms with Crippen LogP contribution in [-0.4, -0.2) is 53.9 Å².